The molecule has 3 aromatic rings. The molecule has 0 atom stereocenters. The summed E-state index contributed by atoms with van der Waals surface area (Å²) in [5.74, 6) is -0.193. The van der Waals surface area contributed by atoms with Crippen LogP contribution < -0.4 is 9.54 Å². The Hall–Kier alpha value is -2.97. The number of thiazole rings is 1. The van der Waals surface area contributed by atoms with Crippen LogP contribution in [-0.2, 0) is 16.0 Å². The van der Waals surface area contributed by atoms with E-state index in [1.165, 1.54) is 18.4 Å². The number of esters is 1. The number of carbonyl (C=O) groups is 2. The van der Waals surface area contributed by atoms with Gasteiger partial charge in [-0.15, -0.1) is 0 Å². The summed E-state index contributed by atoms with van der Waals surface area (Å²) in [6.45, 7) is 0.990. The van der Waals surface area contributed by atoms with Crippen molar-refractivity contribution in [2.75, 3.05) is 27.9 Å². The van der Waals surface area contributed by atoms with Gasteiger partial charge < -0.3 is 18.8 Å². The van der Waals surface area contributed by atoms with E-state index in [0.29, 0.717) is 34.8 Å². The molecule has 0 aliphatic heterocycles. The van der Waals surface area contributed by atoms with Gasteiger partial charge in [-0.2, -0.15) is 4.99 Å². The fourth-order valence-electron chi connectivity index (χ4n) is 2.71. The normalized spacial score (nSPS) is 11.6. The Balaban J connectivity index is 2.10. The van der Waals surface area contributed by atoms with E-state index in [9.17, 15) is 9.59 Å². The number of rotatable bonds is 6. The lowest BCUT2D eigenvalue weighted by molar-refractivity contribution is 0.0600. The first-order valence-electron chi connectivity index (χ1n) is 8.51. The number of ether oxygens (including phenoxy) is 3. The summed E-state index contributed by atoms with van der Waals surface area (Å²) in [6, 6.07) is 12.1. The van der Waals surface area contributed by atoms with Gasteiger partial charge in [-0.3, -0.25) is 4.79 Å². The second-order valence-corrected chi connectivity index (χ2v) is 6.86. The van der Waals surface area contributed by atoms with Gasteiger partial charge in [0.25, 0.3) is 5.91 Å². The summed E-state index contributed by atoms with van der Waals surface area (Å²) >= 11 is 1.33. The van der Waals surface area contributed by atoms with Crippen molar-refractivity contribution in [2.45, 2.75) is 6.54 Å². The molecule has 0 spiro atoms. The molecule has 0 aliphatic rings. The minimum Gasteiger partial charge on any atom is -0.497 e. The summed E-state index contributed by atoms with van der Waals surface area (Å²) in [6.07, 6.45) is 0. The lowest BCUT2D eigenvalue weighted by Gasteiger charge is -2.05. The first-order valence-corrected chi connectivity index (χ1v) is 9.32. The molecule has 0 aliphatic carbocycles. The number of methoxy groups -OCH3 is 3. The van der Waals surface area contributed by atoms with Crippen LogP contribution in [0.1, 0.15) is 20.7 Å². The minimum absolute atomic E-state index is 0.371. The number of nitrogens with zero attached hydrogens (tertiary/aromatic N) is 2. The standard InChI is InChI=1S/C20H20N2O5S/c1-25-10-9-22-16-8-7-14(19(24)27-3)12-17(16)28-20(22)21-18(23)13-5-4-6-15(11-13)26-2/h4-8,11-12H,9-10H2,1-3H3. The van der Waals surface area contributed by atoms with Gasteiger partial charge in [-0.25, -0.2) is 4.79 Å². The van der Waals surface area contributed by atoms with Crippen LogP contribution in [0.2, 0.25) is 0 Å². The molecule has 1 aromatic heterocycles. The zero-order chi connectivity index (χ0) is 20.1. The number of benzene rings is 2. The zero-order valence-electron chi connectivity index (χ0n) is 15.8. The van der Waals surface area contributed by atoms with E-state index in [0.717, 1.165) is 10.2 Å². The van der Waals surface area contributed by atoms with E-state index in [1.54, 1.807) is 50.6 Å². The fraction of sp³-hybridized carbons (Fsp3) is 0.250. The van der Waals surface area contributed by atoms with Gasteiger partial charge in [-0.1, -0.05) is 17.4 Å². The Morgan fingerprint density at radius 3 is 2.61 bits per heavy atom. The molecule has 28 heavy (non-hydrogen) atoms. The van der Waals surface area contributed by atoms with Crippen LogP contribution in [0.5, 0.6) is 5.75 Å². The van der Waals surface area contributed by atoms with Gasteiger partial charge in [0.1, 0.15) is 5.75 Å². The van der Waals surface area contributed by atoms with Gasteiger partial charge in [0.2, 0.25) is 0 Å². The molecule has 0 saturated carbocycles. The average Bonchev–Trinajstić information content (AvgIpc) is 3.07. The highest BCUT2D eigenvalue weighted by Crippen LogP contribution is 2.20. The van der Waals surface area contributed by atoms with E-state index in [2.05, 4.69) is 4.99 Å². The number of fused-ring (bicyclic) bond motifs is 1. The number of hydrogen-bond acceptors (Lipinski definition) is 6. The second-order valence-electron chi connectivity index (χ2n) is 5.85. The lowest BCUT2D eigenvalue weighted by Crippen LogP contribution is -2.19. The molecule has 3 rings (SSSR count). The van der Waals surface area contributed by atoms with Crippen LogP contribution in [0.4, 0.5) is 0 Å². The lowest BCUT2D eigenvalue weighted by atomic mass is 10.2. The molecule has 0 saturated heterocycles. The summed E-state index contributed by atoms with van der Waals surface area (Å²) in [5.41, 5.74) is 1.75. The van der Waals surface area contributed by atoms with E-state index >= 15 is 0 Å². The van der Waals surface area contributed by atoms with Crippen molar-refractivity contribution < 1.29 is 23.8 Å². The maximum absolute atomic E-state index is 12.7. The van der Waals surface area contributed by atoms with Crippen molar-refractivity contribution in [3.63, 3.8) is 0 Å². The topological polar surface area (TPSA) is 79.1 Å². The van der Waals surface area contributed by atoms with Crippen molar-refractivity contribution in [3.8, 4) is 5.75 Å². The summed E-state index contributed by atoms with van der Waals surface area (Å²) < 4.78 is 17.9. The maximum Gasteiger partial charge on any atom is 0.337 e. The highest BCUT2D eigenvalue weighted by Gasteiger charge is 2.13. The monoisotopic (exact) mass is 400 g/mol. The molecule has 1 heterocycles. The SMILES string of the molecule is COCCn1c(=NC(=O)c2cccc(OC)c2)sc2cc(C(=O)OC)ccc21. The highest BCUT2D eigenvalue weighted by atomic mass is 32.1. The molecule has 1 amide bonds. The summed E-state index contributed by atoms with van der Waals surface area (Å²) in [5, 5.41) is 0. The molecule has 2 aromatic carbocycles. The number of hydrogen-bond donors (Lipinski definition) is 0. The molecule has 0 unspecified atom stereocenters. The second kappa shape index (κ2) is 8.81. The van der Waals surface area contributed by atoms with Gasteiger partial charge in [0, 0.05) is 19.2 Å². The van der Waals surface area contributed by atoms with Gasteiger partial charge >= 0.3 is 5.97 Å². The van der Waals surface area contributed by atoms with Crippen LogP contribution in [-0.4, -0.2) is 44.4 Å². The zero-order valence-corrected chi connectivity index (χ0v) is 16.6. The molecule has 0 bridgehead atoms. The van der Waals surface area contributed by atoms with Gasteiger partial charge in [0.05, 0.1) is 36.6 Å². The first-order chi connectivity index (χ1) is 13.6. The summed E-state index contributed by atoms with van der Waals surface area (Å²) in [7, 11) is 4.50. The Kier molecular flexibility index (Phi) is 6.23. The largest absolute Gasteiger partial charge is 0.497 e. The fourth-order valence-corrected chi connectivity index (χ4v) is 3.80. The van der Waals surface area contributed by atoms with Crippen molar-refractivity contribution in [1.82, 2.24) is 4.57 Å². The molecule has 7 nitrogen and oxygen atoms in total. The average molecular weight is 400 g/mol. The van der Waals surface area contributed by atoms with Crippen molar-refractivity contribution >= 4 is 33.4 Å². The predicted octanol–water partition coefficient (Wildman–Crippen LogP) is 2.89. The van der Waals surface area contributed by atoms with Crippen LogP contribution in [0.15, 0.2) is 47.5 Å². The number of amides is 1. The van der Waals surface area contributed by atoms with Gasteiger partial charge in [0.15, 0.2) is 4.80 Å². The van der Waals surface area contributed by atoms with E-state index < -0.39 is 5.97 Å². The predicted molar refractivity (Wildman–Crippen MR) is 106 cm³/mol. The Labute approximate surface area is 165 Å². The van der Waals surface area contributed by atoms with Crippen LogP contribution in [0.25, 0.3) is 10.2 Å². The van der Waals surface area contributed by atoms with Crippen LogP contribution in [0, 0.1) is 0 Å². The Morgan fingerprint density at radius 1 is 1.07 bits per heavy atom. The Morgan fingerprint density at radius 2 is 1.89 bits per heavy atom. The number of aromatic nitrogens is 1. The van der Waals surface area contributed by atoms with E-state index in [1.807, 2.05) is 10.6 Å². The third-order valence-corrected chi connectivity index (χ3v) is 5.18. The molecule has 0 fully saturated rings. The van der Waals surface area contributed by atoms with Crippen LogP contribution in [0.3, 0.4) is 0 Å². The first kappa shape index (κ1) is 19.8. The van der Waals surface area contributed by atoms with Gasteiger partial charge in [-0.05, 0) is 36.4 Å². The van der Waals surface area contributed by atoms with Crippen molar-refractivity contribution in [2.24, 2.45) is 4.99 Å². The molecule has 0 radical (unpaired) electrons. The van der Waals surface area contributed by atoms with E-state index in [-0.39, 0.29) is 5.91 Å². The quantitative estimate of drug-likeness (QED) is 0.595. The van der Waals surface area contributed by atoms with Crippen molar-refractivity contribution in [3.05, 3.63) is 58.4 Å². The molecule has 0 N–H and O–H groups in total. The van der Waals surface area contributed by atoms with E-state index in [4.69, 9.17) is 14.2 Å². The van der Waals surface area contributed by atoms with Crippen molar-refractivity contribution in [1.29, 1.82) is 0 Å². The maximum atomic E-state index is 12.7. The molecular weight excluding hydrogens is 380 g/mol. The smallest absolute Gasteiger partial charge is 0.337 e. The molecule has 8 heteroatoms. The third-order valence-electron chi connectivity index (χ3n) is 4.14. The molecule has 146 valence electrons. The Bertz CT molecular complexity index is 1080. The minimum atomic E-state index is -0.412. The highest BCUT2D eigenvalue weighted by molar-refractivity contribution is 7.16. The van der Waals surface area contributed by atoms with Crippen LogP contribution >= 0.6 is 11.3 Å². The molecular formula is C20H20N2O5S. The summed E-state index contributed by atoms with van der Waals surface area (Å²) in [4.78, 5) is 29.3. The third kappa shape index (κ3) is 4.13. The number of carbonyl (C=O) groups excluding carboxylic acids is 2.